The monoisotopic (exact) mass is 263 g/mol. The van der Waals surface area contributed by atoms with Crippen molar-refractivity contribution in [2.24, 2.45) is 23.3 Å². The Kier molecular flexibility index (Phi) is 5.06. The summed E-state index contributed by atoms with van der Waals surface area (Å²) in [7, 11) is 0. The number of carbonyl (C=O) groups excluding carboxylic acids is 2. The lowest BCUT2D eigenvalue weighted by Gasteiger charge is -2.19. The van der Waals surface area contributed by atoms with Gasteiger partial charge in [0, 0.05) is 17.8 Å². The van der Waals surface area contributed by atoms with Crippen LogP contribution in [0.5, 0.6) is 0 Å². The smallest absolute Gasteiger partial charge is 0.248 e. The minimum absolute atomic E-state index is 0.104. The summed E-state index contributed by atoms with van der Waals surface area (Å²) in [4.78, 5) is 23.1. The van der Waals surface area contributed by atoms with Crippen LogP contribution in [0.2, 0.25) is 0 Å². The number of hydrogen-bond donors (Lipinski definition) is 3. The fourth-order valence-electron chi connectivity index (χ4n) is 1.86. The Labute approximate surface area is 113 Å². The molecule has 0 bridgehead atoms. The van der Waals surface area contributed by atoms with Gasteiger partial charge in [-0.05, 0) is 36.6 Å². The minimum atomic E-state index is -0.483. The molecular weight excluding hydrogens is 242 g/mol. The molecule has 0 saturated heterocycles. The van der Waals surface area contributed by atoms with Crippen LogP contribution >= 0.6 is 0 Å². The number of primary amides is 1. The third-order valence-corrected chi connectivity index (χ3v) is 3.16. The van der Waals surface area contributed by atoms with E-state index in [9.17, 15) is 9.59 Å². The molecule has 1 aromatic carbocycles. The Balaban J connectivity index is 2.88. The zero-order valence-corrected chi connectivity index (χ0v) is 11.6. The molecule has 0 saturated carbocycles. The van der Waals surface area contributed by atoms with Gasteiger partial charge in [0.2, 0.25) is 11.8 Å². The van der Waals surface area contributed by atoms with E-state index in [4.69, 9.17) is 11.5 Å². The highest BCUT2D eigenvalue weighted by Gasteiger charge is 2.21. The topological polar surface area (TPSA) is 98.2 Å². The number of nitrogens with one attached hydrogen (secondary N) is 1. The first kappa shape index (κ1) is 15.2. The Morgan fingerprint density at radius 1 is 1.32 bits per heavy atom. The highest BCUT2D eigenvalue weighted by molar-refractivity contribution is 5.96. The number of rotatable bonds is 5. The van der Waals surface area contributed by atoms with Crippen LogP contribution in [0.3, 0.4) is 0 Å². The van der Waals surface area contributed by atoms with Crippen molar-refractivity contribution >= 4 is 17.5 Å². The first-order valence-corrected chi connectivity index (χ1v) is 6.28. The quantitative estimate of drug-likeness (QED) is 0.746. The van der Waals surface area contributed by atoms with E-state index in [0.29, 0.717) is 17.8 Å². The Morgan fingerprint density at radius 3 is 2.37 bits per heavy atom. The Morgan fingerprint density at radius 2 is 1.95 bits per heavy atom. The number of anilines is 1. The SMILES string of the molecule is Cc1cc(C(N)=O)ccc1NC(=O)C(CN)C(C)C. The molecule has 0 spiro atoms. The molecule has 0 radical (unpaired) electrons. The lowest BCUT2D eigenvalue weighted by Crippen LogP contribution is -2.33. The van der Waals surface area contributed by atoms with E-state index in [1.165, 1.54) is 0 Å². The summed E-state index contributed by atoms with van der Waals surface area (Å²) in [6.07, 6.45) is 0. The Bertz CT molecular complexity index is 484. The van der Waals surface area contributed by atoms with Gasteiger partial charge in [-0.1, -0.05) is 13.8 Å². The average Bonchev–Trinajstić information content (AvgIpc) is 2.31. The normalized spacial score (nSPS) is 12.3. The molecule has 104 valence electrons. The van der Waals surface area contributed by atoms with E-state index in [2.05, 4.69) is 5.32 Å². The van der Waals surface area contributed by atoms with Crippen molar-refractivity contribution in [3.05, 3.63) is 29.3 Å². The lowest BCUT2D eigenvalue weighted by molar-refractivity contribution is -0.120. The molecule has 1 atom stereocenters. The van der Waals surface area contributed by atoms with Gasteiger partial charge in [0.25, 0.3) is 0 Å². The van der Waals surface area contributed by atoms with Crippen molar-refractivity contribution in [3.8, 4) is 0 Å². The molecule has 2 amide bonds. The molecule has 1 rings (SSSR count). The number of benzene rings is 1. The van der Waals surface area contributed by atoms with E-state index in [1.54, 1.807) is 18.2 Å². The minimum Gasteiger partial charge on any atom is -0.366 e. The number of amides is 2. The summed E-state index contributed by atoms with van der Waals surface area (Å²) in [6.45, 7) is 6.04. The summed E-state index contributed by atoms with van der Waals surface area (Å²) >= 11 is 0. The molecule has 0 heterocycles. The second-order valence-corrected chi connectivity index (χ2v) is 4.97. The van der Waals surface area contributed by atoms with Gasteiger partial charge in [0.15, 0.2) is 0 Å². The van der Waals surface area contributed by atoms with Crippen molar-refractivity contribution in [1.29, 1.82) is 0 Å². The summed E-state index contributed by atoms with van der Waals surface area (Å²) in [5, 5.41) is 2.84. The standard InChI is InChI=1S/C14H21N3O2/c1-8(2)11(7-15)14(19)17-12-5-4-10(13(16)18)6-9(12)3/h4-6,8,11H,7,15H2,1-3H3,(H2,16,18)(H,17,19). The van der Waals surface area contributed by atoms with Crippen LogP contribution in [-0.2, 0) is 4.79 Å². The van der Waals surface area contributed by atoms with Crippen LogP contribution in [0.1, 0.15) is 29.8 Å². The number of carbonyl (C=O) groups is 2. The van der Waals surface area contributed by atoms with Crippen LogP contribution in [0.4, 0.5) is 5.69 Å². The molecule has 5 N–H and O–H groups in total. The number of nitrogens with two attached hydrogens (primary N) is 2. The molecule has 5 heteroatoms. The summed E-state index contributed by atoms with van der Waals surface area (Å²) in [5.74, 6) is -0.638. The molecule has 1 unspecified atom stereocenters. The summed E-state index contributed by atoms with van der Waals surface area (Å²) in [6, 6.07) is 4.93. The molecule has 0 aromatic heterocycles. The molecule has 19 heavy (non-hydrogen) atoms. The van der Waals surface area contributed by atoms with Gasteiger partial charge >= 0.3 is 0 Å². The van der Waals surface area contributed by atoms with Crippen LogP contribution in [-0.4, -0.2) is 18.4 Å². The number of hydrogen-bond acceptors (Lipinski definition) is 3. The highest BCUT2D eigenvalue weighted by atomic mass is 16.2. The van der Waals surface area contributed by atoms with Crippen molar-refractivity contribution in [2.45, 2.75) is 20.8 Å². The molecule has 0 aliphatic rings. The van der Waals surface area contributed by atoms with E-state index < -0.39 is 5.91 Å². The van der Waals surface area contributed by atoms with Crippen molar-refractivity contribution in [1.82, 2.24) is 0 Å². The average molecular weight is 263 g/mol. The Hall–Kier alpha value is -1.88. The van der Waals surface area contributed by atoms with Gasteiger partial charge in [-0.25, -0.2) is 0 Å². The van der Waals surface area contributed by atoms with Gasteiger partial charge in [-0.15, -0.1) is 0 Å². The maximum absolute atomic E-state index is 12.1. The molecule has 0 fully saturated rings. The van der Waals surface area contributed by atoms with E-state index >= 15 is 0 Å². The molecular formula is C14H21N3O2. The first-order chi connectivity index (χ1) is 8.86. The second-order valence-electron chi connectivity index (χ2n) is 4.97. The van der Waals surface area contributed by atoms with Crippen molar-refractivity contribution in [2.75, 3.05) is 11.9 Å². The van der Waals surface area contributed by atoms with Crippen molar-refractivity contribution in [3.63, 3.8) is 0 Å². The fraction of sp³-hybridized carbons (Fsp3) is 0.429. The predicted octanol–water partition coefficient (Wildman–Crippen LogP) is 1.26. The van der Waals surface area contributed by atoms with Gasteiger partial charge in [0.1, 0.15) is 0 Å². The van der Waals surface area contributed by atoms with Gasteiger partial charge in [0.05, 0.1) is 5.92 Å². The van der Waals surface area contributed by atoms with Gasteiger partial charge in [-0.3, -0.25) is 9.59 Å². The van der Waals surface area contributed by atoms with Crippen LogP contribution in [0.25, 0.3) is 0 Å². The third-order valence-electron chi connectivity index (χ3n) is 3.16. The highest BCUT2D eigenvalue weighted by Crippen LogP contribution is 2.19. The molecule has 0 aliphatic carbocycles. The second kappa shape index (κ2) is 6.33. The van der Waals surface area contributed by atoms with E-state index in [-0.39, 0.29) is 17.7 Å². The predicted molar refractivity (Wildman–Crippen MR) is 75.7 cm³/mol. The zero-order chi connectivity index (χ0) is 14.6. The van der Waals surface area contributed by atoms with Crippen LogP contribution < -0.4 is 16.8 Å². The summed E-state index contributed by atoms with van der Waals surface area (Å²) in [5.41, 5.74) is 12.7. The summed E-state index contributed by atoms with van der Waals surface area (Å²) < 4.78 is 0. The maximum Gasteiger partial charge on any atom is 0.248 e. The third kappa shape index (κ3) is 3.79. The van der Waals surface area contributed by atoms with Crippen LogP contribution in [0, 0.1) is 18.8 Å². The number of aryl methyl sites for hydroxylation is 1. The van der Waals surface area contributed by atoms with E-state index in [1.807, 2.05) is 20.8 Å². The zero-order valence-electron chi connectivity index (χ0n) is 11.6. The van der Waals surface area contributed by atoms with Gasteiger partial charge < -0.3 is 16.8 Å². The van der Waals surface area contributed by atoms with Crippen LogP contribution in [0.15, 0.2) is 18.2 Å². The molecule has 5 nitrogen and oxygen atoms in total. The maximum atomic E-state index is 12.1. The lowest BCUT2D eigenvalue weighted by atomic mass is 9.95. The van der Waals surface area contributed by atoms with E-state index in [0.717, 1.165) is 5.56 Å². The first-order valence-electron chi connectivity index (χ1n) is 6.28. The molecule has 0 aliphatic heterocycles. The molecule has 1 aromatic rings. The van der Waals surface area contributed by atoms with Gasteiger partial charge in [-0.2, -0.15) is 0 Å². The largest absolute Gasteiger partial charge is 0.366 e. The van der Waals surface area contributed by atoms with Crippen molar-refractivity contribution < 1.29 is 9.59 Å². The fourth-order valence-corrected chi connectivity index (χ4v) is 1.86.